The number of methoxy groups -OCH3 is 1. The molecule has 0 heterocycles. The van der Waals surface area contributed by atoms with Gasteiger partial charge in [-0.25, -0.2) is 4.79 Å². The van der Waals surface area contributed by atoms with Gasteiger partial charge in [0.05, 0.1) is 24.9 Å². The van der Waals surface area contributed by atoms with Crippen molar-refractivity contribution in [3.05, 3.63) is 35.9 Å². The van der Waals surface area contributed by atoms with Gasteiger partial charge in [0, 0.05) is 14.2 Å². The molecule has 0 bridgehead atoms. The van der Waals surface area contributed by atoms with Crippen LogP contribution >= 0.6 is 0 Å². The molecule has 0 amide bonds. The number of ether oxygens (including phenoxy) is 2. The second-order valence-electron chi connectivity index (χ2n) is 3.53. The summed E-state index contributed by atoms with van der Waals surface area (Å²) >= 11 is 0. The largest absolute Gasteiger partial charge is 0.462 e. The lowest BCUT2D eigenvalue weighted by molar-refractivity contribution is 0.0526. The Kier molecular flexibility index (Phi) is 15.3. The average Bonchev–Trinajstić information content (AvgIpc) is 2.41. The summed E-state index contributed by atoms with van der Waals surface area (Å²) in [6.07, 6.45) is -0.560. The number of hydrogen-bond acceptors (Lipinski definition) is 5. The van der Waals surface area contributed by atoms with Crippen LogP contribution in [0.2, 0.25) is 0 Å². The van der Waals surface area contributed by atoms with Crippen LogP contribution in [0, 0.1) is 0 Å². The molecule has 1 aromatic carbocycles. The maximum atomic E-state index is 11.0. The van der Waals surface area contributed by atoms with Crippen LogP contribution in [0.25, 0.3) is 0 Å². The lowest BCUT2D eigenvalue weighted by atomic mass is 10.2. The third-order valence-corrected chi connectivity index (χ3v) is 1.55. The number of carbonyl (C=O) groups excluding carboxylic acids is 1. The molecule has 0 spiro atoms. The Bertz CT molecular complexity index is 298. The highest BCUT2D eigenvalue weighted by Gasteiger charge is 2.02. The fraction of sp³-hybridized carbons (Fsp3) is 0.500. The summed E-state index contributed by atoms with van der Waals surface area (Å²) in [5.74, 6) is -0.256. The van der Waals surface area contributed by atoms with E-state index in [9.17, 15) is 4.79 Å². The minimum atomic E-state index is -0.560. The van der Waals surface area contributed by atoms with E-state index in [0.717, 1.165) is 0 Å². The van der Waals surface area contributed by atoms with Crippen molar-refractivity contribution >= 4 is 5.97 Å². The molecule has 2 N–H and O–H groups in total. The molecule has 0 fully saturated rings. The van der Waals surface area contributed by atoms with Crippen LogP contribution in [0.3, 0.4) is 0 Å². The summed E-state index contributed by atoms with van der Waals surface area (Å²) in [6, 6.07) is 8.96. The lowest BCUT2D eigenvalue weighted by Crippen LogP contribution is -2.03. The van der Waals surface area contributed by atoms with Crippen LogP contribution < -0.4 is 0 Å². The highest BCUT2D eigenvalue weighted by atomic mass is 16.5. The molecule has 1 atom stereocenters. The van der Waals surface area contributed by atoms with Gasteiger partial charge in [-0.3, -0.25) is 0 Å². The molecule has 1 aromatic rings. The van der Waals surface area contributed by atoms with Crippen molar-refractivity contribution in [2.75, 3.05) is 27.4 Å². The van der Waals surface area contributed by atoms with Gasteiger partial charge >= 0.3 is 5.97 Å². The maximum Gasteiger partial charge on any atom is 0.338 e. The third-order valence-electron chi connectivity index (χ3n) is 1.55. The van der Waals surface area contributed by atoms with Crippen molar-refractivity contribution < 1.29 is 24.5 Å². The first-order valence-corrected chi connectivity index (χ1v) is 5.94. The normalized spacial score (nSPS) is 10.2. The van der Waals surface area contributed by atoms with Crippen molar-refractivity contribution in [1.29, 1.82) is 0 Å². The molecular formula is C14H24O5. The Hall–Kier alpha value is -1.43. The van der Waals surface area contributed by atoms with Crippen LogP contribution in [-0.2, 0) is 9.47 Å². The molecule has 0 radical (unpaired) electrons. The Balaban J connectivity index is 0. The van der Waals surface area contributed by atoms with Gasteiger partial charge in [-0.05, 0) is 26.0 Å². The van der Waals surface area contributed by atoms with Crippen molar-refractivity contribution in [2.24, 2.45) is 0 Å². The average molecular weight is 272 g/mol. The molecule has 1 unspecified atom stereocenters. The Morgan fingerprint density at radius 1 is 1.26 bits per heavy atom. The number of esters is 1. The quantitative estimate of drug-likeness (QED) is 0.815. The molecule has 110 valence electrons. The lowest BCUT2D eigenvalue weighted by Gasteiger charge is -1.99. The number of rotatable bonds is 3. The minimum Gasteiger partial charge on any atom is -0.462 e. The number of aliphatic hydroxyl groups excluding tert-OH is 2. The molecule has 0 aromatic heterocycles. The van der Waals surface area contributed by atoms with E-state index < -0.39 is 6.10 Å². The number of hydrogen-bond donors (Lipinski definition) is 2. The Labute approximate surface area is 114 Å². The Morgan fingerprint density at radius 3 is 2.00 bits per heavy atom. The monoisotopic (exact) mass is 272 g/mol. The summed E-state index contributed by atoms with van der Waals surface area (Å²) in [7, 11) is 3.25. The van der Waals surface area contributed by atoms with E-state index in [1.165, 1.54) is 6.92 Å². The summed E-state index contributed by atoms with van der Waals surface area (Å²) in [5, 5.41) is 16.0. The predicted octanol–water partition coefficient (Wildman–Crippen LogP) is 1.49. The van der Waals surface area contributed by atoms with Crippen LogP contribution in [0.1, 0.15) is 24.2 Å². The molecule has 0 aliphatic rings. The zero-order valence-corrected chi connectivity index (χ0v) is 12.0. The zero-order valence-electron chi connectivity index (χ0n) is 12.0. The van der Waals surface area contributed by atoms with Crippen LogP contribution in [0.4, 0.5) is 0 Å². The predicted molar refractivity (Wildman–Crippen MR) is 74.1 cm³/mol. The summed E-state index contributed by atoms with van der Waals surface area (Å²) < 4.78 is 9.04. The molecule has 5 heteroatoms. The van der Waals surface area contributed by atoms with Gasteiger partial charge in [-0.15, -0.1) is 0 Å². The van der Waals surface area contributed by atoms with Crippen molar-refractivity contribution in [2.45, 2.75) is 20.0 Å². The maximum absolute atomic E-state index is 11.0. The number of carbonyl (C=O) groups is 1. The summed E-state index contributed by atoms with van der Waals surface area (Å²) in [6.45, 7) is 3.61. The second kappa shape index (κ2) is 14.6. The molecular weight excluding hydrogens is 248 g/mol. The standard InChI is InChI=1S/C9H10O2.C3H8O2.C2H6O/c1-2-11-9(10)8-6-4-3-5-7-8;1-3(5)2-4;1-3-2/h3-7H,2H2,1H3;3-5H,2H2,1H3;1-2H3. The summed E-state index contributed by atoms with van der Waals surface area (Å²) in [5.41, 5.74) is 0.606. The second-order valence-corrected chi connectivity index (χ2v) is 3.53. The summed E-state index contributed by atoms with van der Waals surface area (Å²) in [4.78, 5) is 11.0. The molecule has 0 aliphatic carbocycles. The first-order valence-electron chi connectivity index (χ1n) is 5.94. The SMILES string of the molecule is CC(O)CO.CCOC(=O)c1ccccc1.COC. The topological polar surface area (TPSA) is 76.0 Å². The van der Waals surface area contributed by atoms with Gasteiger partial charge in [-0.1, -0.05) is 18.2 Å². The van der Waals surface area contributed by atoms with Gasteiger partial charge in [0.15, 0.2) is 0 Å². The third kappa shape index (κ3) is 14.5. The van der Waals surface area contributed by atoms with Gasteiger partial charge in [0.25, 0.3) is 0 Å². The van der Waals surface area contributed by atoms with Gasteiger partial charge < -0.3 is 19.7 Å². The molecule has 0 saturated heterocycles. The van der Waals surface area contributed by atoms with E-state index in [2.05, 4.69) is 4.74 Å². The first kappa shape index (κ1) is 19.9. The van der Waals surface area contributed by atoms with Gasteiger partial charge in [-0.2, -0.15) is 0 Å². The molecule has 0 saturated carbocycles. The highest BCUT2D eigenvalue weighted by molar-refractivity contribution is 5.89. The van der Waals surface area contributed by atoms with Crippen molar-refractivity contribution in [1.82, 2.24) is 0 Å². The first-order chi connectivity index (χ1) is 9.03. The number of aliphatic hydroxyl groups is 2. The van der Waals surface area contributed by atoms with Crippen molar-refractivity contribution in [3.63, 3.8) is 0 Å². The molecule has 1 rings (SSSR count). The van der Waals surface area contributed by atoms with Gasteiger partial charge in [0.1, 0.15) is 0 Å². The van der Waals surface area contributed by atoms with E-state index >= 15 is 0 Å². The fourth-order valence-electron chi connectivity index (χ4n) is 0.789. The molecule has 0 aliphatic heterocycles. The zero-order chi connectivity index (χ0) is 15.1. The van der Waals surface area contributed by atoms with E-state index in [4.69, 9.17) is 14.9 Å². The smallest absolute Gasteiger partial charge is 0.338 e. The Morgan fingerprint density at radius 2 is 1.68 bits per heavy atom. The van der Waals surface area contributed by atoms with E-state index in [1.807, 2.05) is 18.2 Å². The van der Waals surface area contributed by atoms with Gasteiger partial charge in [0.2, 0.25) is 0 Å². The fourth-order valence-corrected chi connectivity index (χ4v) is 0.789. The van der Waals surface area contributed by atoms with Crippen LogP contribution in [-0.4, -0.2) is 49.7 Å². The molecule has 19 heavy (non-hydrogen) atoms. The minimum absolute atomic E-state index is 0.139. The van der Waals surface area contributed by atoms with E-state index in [0.29, 0.717) is 12.2 Å². The highest BCUT2D eigenvalue weighted by Crippen LogP contribution is 1.99. The van der Waals surface area contributed by atoms with Crippen molar-refractivity contribution in [3.8, 4) is 0 Å². The number of benzene rings is 1. The van der Waals surface area contributed by atoms with Crippen LogP contribution in [0.15, 0.2) is 30.3 Å². The van der Waals surface area contributed by atoms with E-state index in [-0.39, 0.29) is 12.6 Å². The van der Waals surface area contributed by atoms with E-state index in [1.54, 1.807) is 33.3 Å². The molecule has 5 nitrogen and oxygen atoms in total. The van der Waals surface area contributed by atoms with Crippen LogP contribution in [0.5, 0.6) is 0 Å².